The number of anilines is 2. The van der Waals surface area contributed by atoms with Crippen LogP contribution in [-0.2, 0) is 9.53 Å². The molecule has 0 radical (unpaired) electrons. The number of para-hydroxylation sites is 2. The van der Waals surface area contributed by atoms with E-state index in [1.807, 2.05) is 42.5 Å². The van der Waals surface area contributed by atoms with Gasteiger partial charge in [-0.3, -0.25) is 9.59 Å². The van der Waals surface area contributed by atoms with Crippen LogP contribution >= 0.6 is 0 Å². The van der Waals surface area contributed by atoms with Crippen LogP contribution in [0, 0.1) is 0 Å². The molecule has 0 aliphatic carbocycles. The second-order valence-electron chi connectivity index (χ2n) is 5.06. The lowest BCUT2D eigenvalue weighted by Crippen LogP contribution is -2.38. The molecule has 0 aromatic heterocycles. The SMILES string of the molecule is COCCNC(=O)CNC(=O)c1ccccc1Nc1ccccc1. The first-order valence-electron chi connectivity index (χ1n) is 7.65. The summed E-state index contributed by atoms with van der Waals surface area (Å²) in [4.78, 5) is 24.0. The van der Waals surface area contributed by atoms with E-state index in [1.165, 1.54) is 0 Å². The van der Waals surface area contributed by atoms with Crippen molar-refractivity contribution in [1.82, 2.24) is 10.6 Å². The van der Waals surface area contributed by atoms with E-state index in [2.05, 4.69) is 16.0 Å². The van der Waals surface area contributed by atoms with Crippen molar-refractivity contribution in [3.05, 3.63) is 60.2 Å². The maximum absolute atomic E-state index is 12.3. The zero-order chi connectivity index (χ0) is 17.2. The van der Waals surface area contributed by atoms with Gasteiger partial charge in [-0.2, -0.15) is 0 Å². The molecule has 2 aromatic carbocycles. The zero-order valence-electron chi connectivity index (χ0n) is 13.5. The molecule has 3 N–H and O–H groups in total. The van der Waals surface area contributed by atoms with Gasteiger partial charge in [0.1, 0.15) is 0 Å². The number of ether oxygens (including phenoxy) is 1. The first-order chi connectivity index (χ1) is 11.7. The second-order valence-corrected chi connectivity index (χ2v) is 5.06. The van der Waals surface area contributed by atoms with Crippen molar-refractivity contribution in [1.29, 1.82) is 0 Å². The fourth-order valence-electron chi connectivity index (χ4n) is 2.08. The monoisotopic (exact) mass is 327 g/mol. The number of carbonyl (C=O) groups excluding carboxylic acids is 2. The number of methoxy groups -OCH3 is 1. The molecule has 0 heterocycles. The van der Waals surface area contributed by atoms with Gasteiger partial charge in [0.05, 0.1) is 24.4 Å². The van der Waals surface area contributed by atoms with Crippen molar-refractivity contribution in [2.75, 3.05) is 32.1 Å². The summed E-state index contributed by atoms with van der Waals surface area (Å²) in [7, 11) is 1.56. The van der Waals surface area contributed by atoms with Crippen molar-refractivity contribution < 1.29 is 14.3 Å². The van der Waals surface area contributed by atoms with Gasteiger partial charge in [-0.25, -0.2) is 0 Å². The Labute approximate surface area is 141 Å². The average Bonchev–Trinajstić information content (AvgIpc) is 2.61. The third kappa shape index (κ3) is 5.40. The maximum Gasteiger partial charge on any atom is 0.253 e. The summed E-state index contributed by atoms with van der Waals surface area (Å²) in [6, 6.07) is 16.7. The quantitative estimate of drug-likeness (QED) is 0.647. The van der Waals surface area contributed by atoms with Gasteiger partial charge in [-0.1, -0.05) is 30.3 Å². The number of hydrogen-bond acceptors (Lipinski definition) is 4. The first kappa shape index (κ1) is 17.5. The zero-order valence-corrected chi connectivity index (χ0v) is 13.5. The highest BCUT2D eigenvalue weighted by atomic mass is 16.5. The maximum atomic E-state index is 12.3. The molecule has 6 heteroatoms. The van der Waals surface area contributed by atoms with E-state index >= 15 is 0 Å². The van der Waals surface area contributed by atoms with Crippen molar-refractivity contribution in [2.45, 2.75) is 0 Å². The molecule has 2 rings (SSSR count). The lowest BCUT2D eigenvalue weighted by atomic mass is 10.1. The number of amides is 2. The molecule has 0 aliphatic rings. The Morgan fingerprint density at radius 1 is 0.958 bits per heavy atom. The van der Waals surface area contributed by atoms with Crippen LogP contribution in [-0.4, -0.2) is 38.6 Å². The fourth-order valence-corrected chi connectivity index (χ4v) is 2.08. The summed E-state index contributed by atoms with van der Waals surface area (Å²) in [5.41, 5.74) is 2.04. The normalized spacial score (nSPS) is 10.0. The lowest BCUT2D eigenvalue weighted by Gasteiger charge is -2.12. The highest BCUT2D eigenvalue weighted by Crippen LogP contribution is 2.20. The standard InChI is InChI=1S/C18H21N3O3/c1-24-12-11-19-17(22)13-20-18(23)15-9-5-6-10-16(15)21-14-7-3-2-4-8-14/h2-10,21H,11-13H2,1H3,(H,19,22)(H,20,23). The molecule has 0 spiro atoms. The van der Waals surface area contributed by atoms with E-state index in [4.69, 9.17) is 4.74 Å². The number of carbonyl (C=O) groups is 2. The van der Waals surface area contributed by atoms with E-state index in [0.29, 0.717) is 24.4 Å². The highest BCUT2D eigenvalue weighted by molar-refractivity contribution is 6.01. The van der Waals surface area contributed by atoms with E-state index < -0.39 is 0 Å². The van der Waals surface area contributed by atoms with Gasteiger partial charge >= 0.3 is 0 Å². The van der Waals surface area contributed by atoms with Crippen LogP contribution in [0.15, 0.2) is 54.6 Å². The Morgan fingerprint density at radius 2 is 1.67 bits per heavy atom. The van der Waals surface area contributed by atoms with E-state index in [9.17, 15) is 9.59 Å². The lowest BCUT2D eigenvalue weighted by molar-refractivity contribution is -0.120. The number of nitrogens with one attached hydrogen (secondary N) is 3. The summed E-state index contributed by atoms with van der Waals surface area (Å²) >= 11 is 0. The van der Waals surface area contributed by atoms with Gasteiger partial charge in [0.15, 0.2) is 0 Å². The van der Waals surface area contributed by atoms with Crippen LogP contribution in [0.4, 0.5) is 11.4 Å². The molecule has 0 aliphatic heterocycles. The van der Waals surface area contributed by atoms with Crippen LogP contribution in [0.1, 0.15) is 10.4 Å². The number of rotatable bonds is 8. The van der Waals surface area contributed by atoms with Gasteiger partial charge in [-0.05, 0) is 24.3 Å². The van der Waals surface area contributed by atoms with Crippen molar-refractivity contribution in [3.8, 4) is 0 Å². The van der Waals surface area contributed by atoms with Gasteiger partial charge < -0.3 is 20.7 Å². The van der Waals surface area contributed by atoms with Crippen LogP contribution in [0.3, 0.4) is 0 Å². The Bertz CT molecular complexity index is 674. The third-order valence-corrected chi connectivity index (χ3v) is 3.26. The molecule has 0 bridgehead atoms. The molecule has 24 heavy (non-hydrogen) atoms. The first-order valence-corrected chi connectivity index (χ1v) is 7.65. The van der Waals surface area contributed by atoms with E-state index in [0.717, 1.165) is 5.69 Å². The summed E-state index contributed by atoms with van der Waals surface area (Å²) < 4.78 is 4.85. The number of hydrogen-bond donors (Lipinski definition) is 3. The van der Waals surface area contributed by atoms with Crippen LogP contribution in [0.25, 0.3) is 0 Å². The Balaban J connectivity index is 1.96. The van der Waals surface area contributed by atoms with Gasteiger partial charge in [0.2, 0.25) is 5.91 Å². The molecule has 2 amide bonds. The summed E-state index contributed by atoms with van der Waals surface area (Å²) in [6.07, 6.45) is 0. The topological polar surface area (TPSA) is 79.5 Å². The minimum atomic E-state index is -0.309. The summed E-state index contributed by atoms with van der Waals surface area (Å²) in [6.45, 7) is 0.767. The Hall–Kier alpha value is -2.86. The minimum Gasteiger partial charge on any atom is -0.383 e. The van der Waals surface area contributed by atoms with Crippen molar-refractivity contribution in [3.63, 3.8) is 0 Å². The third-order valence-electron chi connectivity index (χ3n) is 3.26. The Morgan fingerprint density at radius 3 is 2.42 bits per heavy atom. The average molecular weight is 327 g/mol. The van der Waals surface area contributed by atoms with E-state index in [1.54, 1.807) is 19.2 Å². The molecule has 0 unspecified atom stereocenters. The summed E-state index contributed by atoms with van der Waals surface area (Å²) in [5, 5.41) is 8.48. The van der Waals surface area contributed by atoms with Crippen LogP contribution in [0.2, 0.25) is 0 Å². The number of benzene rings is 2. The minimum absolute atomic E-state index is 0.0811. The molecule has 0 fully saturated rings. The molecule has 2 aromatic rings. The molecule has 6 nitrogen and oxygen atoms in total. The van der Waals surface area contributed by atoms with Gasteiger partial charge in [0.25, 0.3) is 5.91 Å². The molecule has 126 valence electrons. The van der Waals surface area contributed by atoms with Crippen molar-refractivity contribution in [2.24, 2.45) is 0 Å². The molecule has 0 saturated heterocycles. The molecular weight excluding hydrogens is 306 g/mol. The van der Waals surface area contributed by atoms with Gasteiger partial charge in [-0.15, -0.1) is 0 Å². The van der Waals surface area contributed by atoms with E-state index in [-0.39, 0.29) is 18.4 Å². The van der Waals surface area contributed by atoms with Crippen molar-refractivity contribution >= 4 is 23.2 Å². The smallest absolute Gasteiger partial charge is 0.253 e. The highest BCUT2D eigenvalue weighted by Gasteiger charge is 2.12. The molecule has 0 atom stereocenters. The molecule has 0 saturated carbocycles. The summed E-state index contributed by atoms with van der Waals surface area (Å²) in [5.74, 6) is -0.565. The van der Waals surface area contributed by atoms with Gasteiger partial charge in [0, 0.05) is 19.3 Å². The van der Waals surface area contributed by atoms with Crippen LogP contribution in [0.5, 0.6) is 0 Å². The predicted octanol–water partition coefficient (Wildman–Crippen LogP) is 1.92. The second kappa shape index (κ2) is 9.32. The Kier molecular flexibility index (Phi) is 6.79. The van der Waals surface area contributed by atoms with Crippen LogP contribution < -0.4 is 16.0 Å². The fraction of sp³-hybridized carbons (Fsp3) is 0.222. The largest absolute Gasteiger partial charge is 0.383 e. The molecular formula is C18H21N3O3. The predicted molar refractivity (Wildman–Crippen MR) is 93.4 cm³/mol.